The van der Waals surface area contributed by atoms with E-state index in [2.05, 4.69) is 29.9 Å². The predicted molar refractivity (Wildman–Crippen MR) is 44.1 cm³/mol. The summed E-state index contributed by atoms with van der Waals surface area (Å²) in [5.41, 5.74) is 2.62. The molecule has 0 N–H and O–H groups in total. The Labute approximate surface area is 66.9 Å². The summed E-state index contributed by atoms with van der Waals surface area (Å²) in [5.74, 6) is 0. The summed E-state index contributed by atoms with van der Waals surface area (Å²) in [6, 6.07) is 4.71. The number of pyridine rings is 1. The first-order valence-electron chi connectivity index (χ1n) is 3.93. The van der Waals surface area contributed by atoms with Crippen molar-refractivity contribution >= 4 is 0 Å². The molecule has 1 unspecified atom stereocenters. The van der Waals surface area contributed by atoms with E-state index in [1.165, 1.54) is 11.3 Å². The van der Waals surface area contributed by atoms with Gasteiger partial charge in [-0.05, 0) is 25.6 Å². The minimum absolute atomic E-state index is 0.540. The highest BCUT2D eigenvalue weighted by molar-refractivity contribution is 5.27. The summed E-state index contributed by atoms with van der Waals surface area (Å²) in [6.07, 6.45) is 1.87. The Morgan fingerprint density at radius 3 is 3.18 bits per heavy atom. The SMILES string of the molecule is CC1c2cccnc2CN1C. The lowest BCUT2D eigenvalue weighted by atomic mass is 10.1. The van der Waals surface area contributed by atoms with Crippen molar-refractivity contribution in [3.05, 3.63) is 29.6 Å². The molecule has 11 heavy (non-hydrogen) atoms. The molecule has 0 spiro atoms. The van der Waals surface area contributed by atoms with E-state index in [1.807, 2.05) is 12.3 Å². The highest BCUT2D eigenvalue weighted by Gasteiger charge is 2.23. The van der Waals surface area contributed by atoms with E-state index in [0.717, 1.165) is 6.54 Å². The van der Waals surface area contributed by atoms with Crippen LogP contribution in [-0.4, -0.2) is 16.9 Å². The second-order valence-electron chi connectivity index (χ2n) is 3.13. The zero-order chi connectivity index (χ0) is 7.84. The van der Waals surface area contributed by atoms with E-state index >= 15 is 0 Å². The third-order valence-corrected chi connectivity index (χ3v) is 2.44. The van der Waals surface area contributed by atoms with Crippen LogP contribution in [0.4, 0.5) is 0 Å². The average molecular weight is 148 g/mol. The van der Waals surface area contributed by atoms with Crippen molar-refractivity contribution in [1.82, 2.24) is 9.88 Å². The van der Waals surface area contributed by atoms with Gasteiger partial charge in [0.1, 0.15) is 0 Å². The zero-order valence-corrected chi connectivity index (χ0v) is 6.91. The van der Waals surface area contributed by atoms with Crippen LogP contribution in [0.5, 0.6) is 0 Å². The van der Waals surface area contributed by atoms with E-state index in [0.29, 0.717) is 6.04 Å². The number of aromatic nitrogens is 1. The van der Waals surface area contributed by atoms with Gasteiger partial charge in [0.15, 0.2) is 0 Å². The van der Waals surface area contributed by atoms with Crippen LogP contribution in [0, 0.1) is 0 Å². The first-order chi connectivity index (χ1) is 5.29. The molecule has 2 rings (SSSR count). The molecule has 58 valence electrons. The van der Waals surface area contributed by atoms with Crippen molar-refractivity contribution in [2.75, 3.05) is 7.05 Å². The summed E-state index contributed by atoms with van der Waals surface area (Å²) < 4.78 is 0. The molecular weight excluding hydrogens is 136 g/mol. The van der Waals surface area contributed by atoms with E-state index in [-0.39, 0.29) is 0 Å². The van der Waals surface area contributed by atoms with Crippen LogP contribution in [0.2, 0.25) is 0 Å². The maximum atomic E-state index is 4.32. The molecule has 0 bridgehead atoms. The lowest BCUT2D eigenvalue weighted by molar-refractivity contribution is 0.285. The first kappa shape index (κ1) is 6.80. The summed E-state index contributed by atoms with van der Waals surface area (Å²) in [7, 11) is 2.13. The van der Waals surface area contributed by atoms with Crippen LogP contribution in [0.25, 0.3) is 0 Å². The van der Waals surface area contributed by atoms with Gasteiger partial charge in [-0.3, -0.25) is 9.88 Å². The molecule has 0 amide bonds. The zero-order valence-electron chi connectivity index (χ0n) is 6.91. The molecule has 1 aliphatic rings. The van der Waals surface area contributed by atoms with Crippen LogP contribution in [-0.2, 0) is 6.54 Å². The number of fused-ring (bicyclic) bond motifs is 1. The second kappa shape index (κ2) is 2.31. The lowest BCUT2D eigenvalue weighted by Crippen LogP contribution is -2.12. The van der Waals surface area contributed by atoms with Gasteiger partial charge >= 0.3 is 0 Å². The Morgan fingerprint density at radius 1 is 1.64 bits per heavy atom. The molecule has 0 aromatic carbocycles. The fourth-order valence-corrected chi connectivity index (χ4v) is 1.57. The van der Waals surface area contributed by atoms with Gasteiger partial charge in [-0.1, -0.05) is 6.07 Å². The Bertz CT molecular complexity index is 270. The van der Waals surface area contributed by atoms with Crippen LogP contribution in [0.15, 0.2) is 18.3 Å². The summed E-state index contributed by atoms with van der Waals surface area (Å²) in [6.45, 7) is 3.21. The average Bonchev–Trinajstić information content (AvgIpc) is 2.30. The largest absolute Gasteiger partial charge is 0.294 e. The van der Waals surface area contributed by atoms with Crippen molar-refractivity contribution in [3.63, 3.8) is 0 Å². The van der Waals surface area contributed by atoms with Gasteiger partial charge in [0, 0.05) is 18.8 Å². The van der Waals surface area contributed by atoms with E-state index in [1.54, 1.807) is 0 Å². The standard InChI is InChI=1S/C9H12N2/c1-7-8-4-3-5-10-9(8)6-11(7)2/h3-5,7H,6H2,1-2H3. The van der Waals surface area contributed by atoms with E-state index in [9.17, 15) is 0 Å². The number of hydrogen-bond acceptors (Lipinski definition) is 2. The first-order valence-corrected chi connectivity index (χ1v) is 3.93. The highest BCUT2D eigenvalue weighted by Crippen LogP contribution is 2.29. The van der Waals surface area contributed by atoms with Crippen molar-refractivity contribution in [2.24, 2.45) is 0 Å². The molecule has 1 aliphatic heterocycles. The molecule has 0 aliphatic carbocycles. The lowest BCUT2D eigenvalue weighted by Gasteiger charge is -2.13. The van der Waals surface area contributed by atoms with Crippen molar-refractivity contribution in [1.29, 1.82) is 0 Å². The molecule has 1 aromatic heterocycles. The molecule has 2 heterocycles. The minimum Gasteiger partial charge on any atom is -0.294 e. The molecule has 1 aromatic rings. The number of rotatable bonds is 0. The molecule has 0 saturated carbocycles. The van der Waals surface area contributed by atoms with Crippen LogP contribution < -0.4 is 0 Å². The van der Waals surface area contributed by atoms with Crippen molar-refractivity contribution < 1.29 is 0 Å². The van der Waals surface area contributed by atoms with E-state index in [4.69, 9.17) is 0 Å². The monoisotopic (exact) mass is 148 g/mol. The second-order valence-corrected chi connectivity index (χ2v) is 3.13. The number of nitrogens with zero attached hydrogens (tertiary/aromatic N) is 2. The third kappa shape index (κ3) is 0.942. The summed E-state index contributed by atoms with van der Waals surface area (Å²) in [4.78, 5) is 6.62. The van der Waals surface area contributed by atoms with Gasteiger partial charge in [0.05, 0.1) is 5.69 Å². The molecular formula is C9H12N2. The minimum atomic E-state index is 0.540. The van der Waals surface area contributed by atoms with Crippen LogP contribution in [0.3, 0.4) is 0 Å². The molecule has 0 radical (unpaired) electrons. The number of hydrogen-bond donors (Lipinski definition) is 0. The fourth-order valence-electron chi connectivity index (χ4n) is 1.57. The fraction of sp³-hybridized carbons (Fsp3) is 0.444. The third-order valence-electron chi connectivity index (χ3n) is 2.44. The molecule has 1 atom stereocenters. The van der Waals surface area contributed by atoms with Crippen LogP contribution >= 0.6 is 0 Å². The Balaban J connectivity index is 2.47. The summed E-state index contributed by atoms with van der Waals surface area (Å²) >= 11 is 0. The van der Waals surface area contributed by atoms with Gasteiger partial charge in [-0.15, -0.1) is 0 Å². The Kier molecular flexibility index (Phi) is 1.43. The van der Waals surface area contributed by atoms with Gasteiger partial charge in [-0.2, -0.15) is 0 Å². The van der Waals surface area contributed by atoms with Gasteiger partial charge < -0.3 is 0 Å². The Morgan fingerprint density at radius 2 is 2.45 bits per heavy atom. The molecule has 2 nitrogen and oxygen atoms in total. The summed E-state index contributed by atoms with van der Waals surface area (Å²) in [5, 5.41) is 0. The normalized spacial score (nSPS) is 23.6. The van der Waals surface area contributed by atoms with Gasteiger partial charge in [0.2, 0.25) is 0 Å². The van der Waals surface area contributed by atoms with Crippen molar-refractivity contribution in [2.45, 2.75) is 19.5 Å². The van der Waals surface area contributed by atoms with Gasteiger partial charge in [0.25, 0.3) is 0 Å². The van der Waals surface area contributed by atoms with E-state index < -0.39 is 0 Å². The quantitative estimate of drug-likeness (QED) is 0.555. The maximum absolute atomic E-state index is 4.32. The topological polar surface area (TPSA) is 16.1 Å². The molecule has 0 saturated heterocycles. The highest BCUT2D eigenvalue weighted by atomic mass is 15.2. The maximum Gasteiger partial charge on any atom is 0.0591 e. The van der Waals surface area contributed by atoms with Crippen LogP contribution in [0.1, 0.15) is 24.2 Å². The van der Waals surface area contributed by atoms with Gasteiger partial charge in [-0.25, -0.2) is 0 Å². The molecule has 2 heteroatoms. The smallest absolute Gasteiger partial charge is 0.0591 e. The van der Waals surface area contributed by atoms with Crippen molar-refractivity contribution in [3.8, 4) is 0 Å². The predicted octanol–water partition coefficient (Wildman–Crippen LogP) is 1.59. The molecule has 0 fully saturated rings. The Hall–Kier alpha value is -0.890.